The zero-order valence-corrected chi connectivity index (χ0v) is 25.4. The molecule has 0 bridgehead atoms. The van der Waals surface area contributed by atoms with E-state index in [0.717, 1.165) is 28.2 Å². The lowest BCUT2D eigenvalue weighted by atomic mass is 9.95. The summed E-state index contributed by atoms with van der Waals surface area (Å²) in [5.74, 6) is -0.641. The zero-order valence-electron chi connectivity index (χ0n) is 24.6. The first-order valence-corrected chi connectivity index (χ1v) is 16.0. The van der Waals surface area contributed by atoms with Gasteiger partial charge in [0.05, 0.1) is 46.3 Å². The third-order valence-corrected chi connectivity index (χ3v) is 8.16. The molecule has 1 amide bonds. The summed E-state index contributed by atoms with van der Waals surface area (Å²) in [5, 5.41) is 11.3. The molecule has 10 nitrogen and oxygen atoms in total. The average Bonchev–Trinajstić information content (AvgIpc) is 3.59. The standard InChI is InChI=1S/C32H30FN7O3S/c1-32(2,3)31(41)36-22-12-20(14-34-15-22)25-5-6-26-29(38-25)30(40-39-26)27-13-23-24(16-35-17-28(23)37-27)19-9-18(10-21(33)11-19)7-8-44(4,42)43/h5-6,9-17,37H,7-8H2,1-4H3,(H,36,41)(H,39,40). The van der Waals surface area contributed by atoms with Crippen molar-refractivity contribution < 1.29 is 17.6 Å². The Labute approximate surface area is 253 Å². The van der Waals surface area contributed by atoms with Gasteiger partial charge in [0.25, 0.3) is 0 Å². The van der Waals surface area contributed by atoms with Crippen molar-refractivity contribution in [1.29, 1.82) is 0 Å². The van der Waals surface area contributed by atoms with Crippen molar-refractivity contribution in [2.24, 2.45) is 5.41 Å². The summed E-state index contributed by atoms with van der Waals surface area (Å²) in [7, 11) is -3.20. The molecule has 5 heterocycles. The van der Waals surface area contributed by atoms with E-state index in [9.17, 15) is 17.6 Å². The molecule has 6 rings (SSSR count). The predicted molar refractivity (Wildman–Crippen MR) is 169 cm³/mol. The second-order valence-electron chi connectivity index (χ2n) is 11.9. The fourth-order valence-electron chi connectivity index (χ4n) is 4.88. The number of benzene rings is 1. The number of rotatable bonds is 7. The molecule has 0 radical (unpaired) electrons. The SMILES string of the molecule is CC(C)(C)C(=O)Nc1cncc(-c2ccc3[nH]nc(-c4cc5c(-c6cc(F)cc(CCS(C)(=O)=O)c6)cncc5[nH]4)c3n2)c1. The van der Waals surface area contributed by atoms with Crippen LogP contribution in [0.3, 0.4) is 0 Å². The number of fused-ring (bicyclic) bond motifs is 2. The van der Waals surface area contributed by atoms with Gasteiger partial charge in [0, 0.05) is 40.6 Å². The number of aryl methyl sites for hydroxylation is 1. The highest BCUT2D eigenvalue weighted by molar-refractivity contribution is 7.90. The molecule has 12 heteroatoms. The van der Waals surface area contributed by atoms with Crippen molar-refractivity contribution in [3.63, 3.8) is 0 Å². The van der Waals surface area contributed by atoms with Crippen LogP contribution in [0.15, 0.2) is 67.3 Å². The minimum absolute atomic E-state index is 0.0697. The Morgan fingerprint density at radius 1 is 0.955 bits per heavy atom. The number of nitrogens with zero attached hydrogens (tertiary/aromatic N) is 4. The molecular formula is C32H30FN7O3S. The molecule has 5 aromatic heterocycles. The molecule has 0 aliphatic carbocycles. The van der Waals surface area contributed by atoms with Gasteiger partial charge >= 0.3 is 0 Å². The third-order valence-electron chi connectivity index (χ3n) is 7.21. The van der Waals surface area contributed by atoms with Gasteiger partial charge in [0.15, 0.2) is 0 Å². The Morgan fingerprint density at radius 3 is 2.52 bits per heavy atom. The molecule has 44 heavy (non-hydrogen) atoms. The van der Waals surface area contributed by atoms with E-state index in [1.807, 2.05) is 45.0 Å². The highest BCUT2D eigenvalue weighted by Crippen LogP contribution is 2.34. The summed E-state index contributed by atoms with van der Waals surface area (Å²) in [6.07, 6.45) is 8.00. The van der Waals surface area contributed by atoms with Gasteiger partial charge in [-0.15, -0.1) is 0 Å². The van der Waals surface area contributed by atoms with Crippen LogP contribution in [0.2, 0.25) is 0 Å². The molecule has 0 spiro atoms. The number of aromatic nitrogens is 6. The Bertz CT molecular complexity index is 2160. The number of hydrogen-bond acceptors (Lipinski definition) is 7. The molecular weight excluding hydrogens is 581 g/mol. The maximum atomic E-state index is 14.6. The largest absolute Gasteiger partial charge is 0.352 e. The lowest BCUT2D eigenvalue weighted by Crippen LogP contribution is -2.27. The number of amides is 1. The number of nitrogens with one attached hydrogen (secondary N) is 3. The lowest BCUT2D eigenvalue weighted by Gasteiger charge is -2.17. The monoisotopic (exact) mass is 611 g/mol. The molecule has 6 aromatic rings. The van der Waals surface area contributed by atoms with Crippen molar-refractivity contribution in [2.45, 2.75) is 27.2 Å². The molecule has 0 saturated heterocycles. The summed E-state index contributed by atoms with van der Waals surface area (Å²) in [6.45, 7) is 5.53. The maximum Gasteiger partial charge on any atom is 0.229 e. The van der Waals surface area contributed by atoms with E-state index in [1.165, 1.54) is 12.1 Å². The first kappa shape index (κ1) is 29.1. The number of aromatic amines is 2. The van der Waals surface area contributed by atoms with Gasteiger partial charge in [-0.05, 0) is 53.9 Å². The number of H-pyrrole nitrogens is 2. The topological polar surface area (TPSA) is 146 Å². The van der Waals surface area contributed by atoms with Gasteiger partial charge in [0.2, 0.25) is 5.91 Å². The van der Waals surface area contributed by atoms with Gasteiger partial charge in [-0.2, -0.15) is 5.10 Å². The van der Waals surface area contributed by atoms with Crippen LogP contribution in [0.25, 0.3) is 55.7 Å². The van der Waals surface area contributed by atoms with E-state index in [4.69, 9.17) is 4.98 Å². The third kappa shape index (κ3) is 6.06. The number of pyridine rings is 3. The van der Waals surface area contributed by atoms with E-state index < -0.39 is 21.1 Å². The Balaban J connectivity index is 1.37. The van der Waals surface area contributed by atoms with Gasteiger partial charge in [-0.3, -0.25) is 19.9 Å². The summed E-state index contributed by atoms with van der Waals surface area (Å²) in [4.78, 5) is 29.4. The van der Waals surface area contributed by atoms with Crippen LogP contribution in [-0.4, -0.2) is 56.5 Å². The molecule has 0 fully saturated rings. The summed E-state index contributed by atoms with van der Waals surface area (Å²) in [6, 6.07) is 12.0. The van der Waals surface area contributed by atoms with Crippen LogP contribution in [-0.2, 0) is 21.1 Å². The second kappa shape index (κ2) is 10.9. The lowest BCUT2D eigenvalue weighted by molar-refractivity contribution is -0.123. The van der Waals surface area contributed by atoms with Crippen LogP contribution >= 0.6 is 0 Å². The minimum Gasteiger partial charge on any atom is -0.352 e. The Hall–Kier alpha value is -4.97. The fraction of sp³-hybridized carbons (Fsp3) is 0.219. The molecule has 224 valence electrons. The minimum atomic E-state index is -3.20. The van der Waals surface area contributed by atoms with Crippen LogP contribution in [0, 0.1) is 11.2 Å². The maximum absolute atomic E-state index is 14.6. The van der Waals surface area contributed by atoms with E-state index in [2.05, 4.69) is 30.5 Å². The van der Waals surface area contributed by atoms with E-state index >= 15 is 0 Å². The molecule has 3 N–H and O–H groups in total. The number of hydrogen-bond donors (Lipinski definition) is 3. The van der Waals surface area contributed by atoms with Gasteiger partial charge < -0.3 is 10.3 Å². The van der Waals surface area contributed by atoms with Crippen molar-refractivity contribution in [1.82, 2.24) is 30.1 Å². The number of carbonyl (C=O) groups is 1. The van der Waals surface area contributed by atoms with Gasteiger partial charge in [-0.1, -0.05) is 26.8 Å². The first-order valence-electron chi connectivity index (χ1n) is 13.9. The van der Waals surface area contributed by atoms with Crippen LogP contribution in [0.1, 0.15) is 26.3 Å². The number of halogens is 1. The number of sulfone groups is 1. The van der Waals surface area contributed by atoms with Crippen molar-refractivity contribution in [3.05, 3.63) is 78.6 Å². The predicted octanol–water partition coefficient (Wildman–Crippen LogP) is 5.94. The number of carbonyl (C=O) groups excluding carboxylic acids is 1. The zero-order chi connectivity index (χ0) is 31.2. The van der Waals surface area contributed by atoms with E-state index in [1.54, 1.807) is 30.9 Å². The van der Waals surface area contributed by atoms with Gasteiger partial charge in [-0.25, -0.2) is 17.8 Å². The van der Waals surface area contributed by atoms with Crippen molar-refractivity contribution in [2.75, 3.05) is 17.3 Å². The summed E-state index contributed by atoms with van der Waals surface area (Å²) >= 11 is 0. The Kier molecular flexibility index (Phi) is 7.24. The molecule has 0 unspecified atom stereocenters. The quantitative estimate of drug-likeness (QED) is 0.202. The average molecular weight is 612 g/mol. The number of anilines is 1. The van der Waals surface area contributed by atoms with E-state index in [-0.39, 0.29) is 18.1 Å². The summed E-state index contributed by atoms with van der Waals surface area (Å²) in [5.41, 5.74) is 6.62. The smallest absolute Gasteiger partial charge is 0.229 e. The van der Waals surface area contributed by atoms with Crippen molar-refractivity contribution in [3.8, 4) is 33.8 Å². The van der Waals surface area contributed by atoms with Crippen LogP contribution < -0.4 is 5.32 Å². The van der Waals surface area contributed by atoms with Crippen molar-refractivity contribution >= 4 is 43.4 Å². The van der Waals surface area contributed by atoms with Gasteiger partial charge in [0.1, 0.15) is 26.9 Å². The fourth-order valence-corrected chi connectivity index (χ4v) is 5.48. The Morgan fingerprint density at radius 2 is 1.75 bits per heavy atom. The molecule has 0 aliphatic heterocycles. The molecule has 0 saturated carbocycles. The summed E-state index contributed by atoms with van der Waals surface area (Å²) < 4.78 is 38.0. The molecule has 1 aromatic carbocycles. The highest BCUT2D eigenvalue weighted by Gasteiger charge is 2.22. The molecule has 0 atom stereocenters. The second-order valence-corrected chi connectivity index (χ2v) is 14.2. The van der Waals surface area contributed by atoms with Crippen LogP contribution in [0.5, 0.6) is 0 Å². The van der Waals surface area contributed by atoms with E-state index in [0.29, 0.717) is 45.0 Å². The first-order chi connectivity index (χ1) is 20.8. The highest BCUT2D eigenvalue weighted by atomic mass is 32.2. The normalized spacial score (nSPS) is 12.2. The van der Waals surface area contributed by atoms with Crippen LogP contribution in [0.4, 0.5) is 10.1 Å². The molecule has 0 aliphatic rings.